The van der Waals surface area contributed by atoms with E-state index in [1.807, 2.05) is 6.92 Å². The maximum atomic E-state index is 12.5. The highest BCUT2D eigenvalue weighted by Crippen LogP contribution is 2.22. The number of H-pyrrole nitrogens is 1. The second-order valence-electron chi connectivity index (χ2n) is 5.54. The summed E-state index contributed by atoms with van der Waals surface area (Å²) in [5.41, 5.74) is 3.15. The smallest absolute Gasteiger partial charge is 0.339 e. The molecule has 2 rings (SSSR count). The Morgan fingerprint density at radius 1 is 1.08 bits per heavy atom. The average molecular weight is 343 g/mol. The van der Waals surface area contributed by atoms with Gasteiger partial charge in [0.2, 0.25) is 5.91 Å². The Morgan fingerprint density at radius 3 is 2.12 bits per heavy atom. The number of anilines is 2. The van der Waals surface area contributed by atoms with Crippen LogP contribution in [0.5, 0.6) is 0 Å². The Kier molecular flexibility index (Phi) is 5.59. The van der Waals surface area contributed by atoms with Gasteiger partial charge in [0.05, 0.1) is 12.7 Å². The van der Waals surface area contributed by atoms with Gasteiger partial charge in [-0.2, -0.15) is 0 Å². The number of ether oxygens (including phenoxy) is 1. The summed E-state index contributed by atoms with van der Waals surface area (Å²) in [6.07, 6.45) is 0.573. The fraction of sp³-hybridized carbons (Fsp3) is 0.278. The van der Waals surface area contributed by atoms with Crippen LogP contribution in [0.1, 0.15) is 46.0 Å². The van der Waals surface area contributed by atoms with E-state index in [1.165, 1.54) is 14.0 Å². The minimum Gasteiger partial charge on any atom is -0.465 e. The molecule has 2 aromatic rings. The molecule has 0 atom stereocenters. The van der Waals surface area contributed by atoms with E-state index in [0.29, 0.717) is 40.3 Å². The maximum absolute atomic E-state index is 12.5. The first-order chi connectivity index (χ1) is 11.9. The molecule has 0 bridgehead atoms. The average Bonchev–Trinajstić information content (AvgIpc) is 2.92. The van der Waals surface area contributed by atoms with Crippen LogP contribution in [0, 0.1) is 6.92 Å². The molecule has 1 aromatic heterocycles. The fourth-order valence-electron chi connectivity index (χ4n) is 2.56. The summed E-state index contributed by atoms with van der Waals surface area (Å²) >= 11 is 0. The molecule has 0 spiro atoms. The summed E-state index contributed by atoms with van der Waals surface area (Å²) in [6, 6.07) is 6.75. The van der Waals surface area contributed by atoms with Crippen molar-refractivity contribution in [2.75, 3.05) is 17.7 Å². The van der Waals surface area contributed by atoms with Crippen molar-refractivity contribution >= 4 is 29.2 Å². The van der Waals surface area contributed by atoms with Crippen LogP contribution in [-0.4, -0.2) is 29.9 Å². The van der Waals surface area contributed by atoms with Crippen LogP contribution in [-0.2, 0) is 16.0 Å². The quantitative estimate of drug-likeness (QED) is 0.727. The van der Waals surface area contributed by atoms with Gasteiger partial charge in [0.1, 0.15) is 5.69 Å². The van der Waals surface area contributed by atoms with Crippen LogP contribution in [0.3, 0.4) is 0 Å². The lowest BCUT2D eigenvalue weighted by molar-refractivity contribution is -0.114. The molecule has 0 saturated carbocycles. The molecule has 3 N–H and O–H groups in total. The lowest BCUT2D eigenvalue weighted by Crippen LogP contribution is -2.14. The fourth-order valence-corrected chi connectivity index (χ4v) is 2.56. The number of carbonyl (C=O) groups is 3. The topological polar surface area (TPSA) is 100 Å². The van der Waals surface area contributed by atoms with Crippen molar-refractivity contribution in [3.8, 4) is 0 Å². The molecule has 25 heavy (non-hydrogen) atoms. The predicted octanol–water partition coefficient (Wildman–Crippen LogP) is 2.88. The Balaban J connectivity index is 2.22. The maximum Gasteiger partial charge on any atom is 0.339 e. The van der Waals surface area contributed by atoms with Crippen LogP contribution >= 0.6 is 0 Å². The molecule has 7 heteroatoms. The lowest BCUT2D eigenvalue weighted by atomic mass is 10.1. The summed E-state index contributed by atoms with van der Waals surface area (Å²) in [5, 5.41) is 5.42. The molecule has 2 amide bonds. The standard InChI is InChI=1S/C18H21N3O4/c1-5-14-15(18(24)25-4)10(2)16(21-14)17(23)20-13-8-6-12(7-9-13)19-11(3)22/h6-9,21H,5H2,1-4H3,(H,19,22)(H,20,23). The van der Waals surface area contributed by atoms with Crippen molar-refractivity contribution in [1.29, 1.82) is 0 Å². The van der Waals surface area contributed by atoms with Gasteiger partial charge >= 0.3 is 5.97 Å². The van der Waals surface area contributed by atoms with Gasteiger partial charge in [0.25, 0.3) is 5.91 Å². The number of hydrogen-bond acceptors (Lipinski definition) is 4. The molecular formula is C18H21N3O4. The van der Waals surface area contributed by atoms with E-state index in [9.17, 15) is 14.4 Å². The normalized spacial score (nSPS) is 10.2. The Hall–Kier alpha value is -3.09. The van der Waals surface area contributed by atoms with Gasteiger partial charge in [0.15, 0.2) is 0 Å². The molecular weight excluding hydrogens is 322 g/mol. The highest BCUT2D eigenvalue weighted by molar-refractivity contribution is 6.07. The number of benzene rings is 1. The number of nitrogens with one attached hydrogen (secondary N) is 3. The number of aromatic nitrogens is 1. The van der Waals surface area contributed by atoms with Gasteiger partial charge in [-0.3, -0.25) is 9.59 Å². The van der Waals surface area contributed by atoms with E-state index in [-0.39, 0.29) is 11.8 Å². The summed E-state index contributed by atoms with van der Waals surface area (Å²) in [5.74, 6) is -0.986. The Labute approximate surface area is 145 Å². The zero-order valence-corrected chi connectivity index (χ0v) is 14.6. The minimum atomic E-state index is -0.468. The number of amides is 2. The van der Waals surface area contributed by atoms with Crippen molar-refractivity contribution in [1.82, 2.24) is 4.98 Å². The van der Waals surface area contributed by atoms with E-state index in [4.69, 9.17) is 4.74 Å². The first kappa shape index (κ1) is 18.3. The van der Waals surface area contributed by atoms with Crippen LogP contribution in [0.2, 0.25) is 0 Å². The third kappa shape index (κ3) is 4.06. The number of hydrogen-bond donors (Lipinski definition) is 3. The molecule has 0 saturated heterocycles. The molecule has 0 aliphatic rings. The Bertz CT molecular complexity index is 806. The number of esters is 1. The third-order valence-electron chi connectivity index (χ3n) is 3.76. The van der Waals surface area contributed by atoms with E-state index in [2.05, 4.69) is 15.6 Å². The highest BCUT2D eigenvalue weighted by atomic mass is 16.5. The summed E-state index contributed by atoms with van der Waals surface area (Å²) in [6.45, 7) is 5.02. The largest absolute Gasteiger partial charge is 0.465 e. The van der Waals surface area contributed by atoms with Gasteiger partial charge in [-0.15, -0.1) is 0 Å². The van der Waals surface area contributed by atoms with Gasteiger partial charge in [-0.25, -0.2) is 4.79 Å². The monoisotopic (exact) mass is 343 g/mol. The van der Waals surface area contributed by atoms with Gasteiger partial charge in [0, 0.05) is 24.0 Å². The van der Waals surface area contributed by atoms with E-state index >= 15 is 0 Å². The van der Waals surface area contributed by atoms with E-state index in [0.717, 1.165) is 0 Å². The van der Waals surface area contributed by atoms with Crippen LogP contribution in [0.25, 0.3) is 0 Å². The minimum absolute atomic E-state index is 0.166. The molecule has 132 valence electrons. The van der Waals surface area contributed by atoms with Crippen molar-refractivity contribution in [2.45, 2.75) is 27.2 Å². The summed E-state index contributed by atoms with van der Waals surface area (Å²) in [4.78, 5) is 38.5. The second kappa shape index (κ2) is 7.65. The number of aromatic amines is 1. The molecule has 0 aliphatic carbocycles. The third-order valence-corrected chi connectivity index (χ3v) is 3.76. The van der Waals surface area contributed by atoms with E-state index < -0.39 is 5.97 Å². The van der Waals surface area contributed by atoms with Gasteiger partial charge < -0.3 is 20.4 Å². The highest BCUT2D eigenvalue weighted by Gasteiger charge is 2.23. The van der Waals surface area contributed by atoms with Gasteiger partial charge in [-0.1, -0.05) is 6.92 Å². The van der Waals surface area contributed by atoms with Crippen molar-refractivity contribution < 1.29 is 19.1 Å². The molecule has 0 aliphatic heterocycles. The van der Waals surface area contributed by atoms with Gasteiger partial charge in [-0.05, 0) is 43.2 Å². The predicted molar refractivity (Wildman–Crippen MR) is 94.9 cm³/mol. The van der Waals surface area contributed by atoms with Crippen molar-refractivity contribution in [2.24, 2.45) is 0 Å². The van der Waals surface area contributed by atoms with E-state index in [1.54, 1.807) is 31.2 Å². The molecule has 0 unspecified atom stereocenters. The first-order valence-corrected chi connectivity index (χ1v) is 7.86. The lowest BCUT2D eigenvalue weighted by Gasteiger charge is -2.07. The number of rotatable bonds is 5. The van der Waals surface area contributed by atoms with Crippen LogP contribution in [0.4, 0.5) is 11.4 Å². The molecule has 1 heterocycles. The van der Waals surface area contributed by atoms with Crippen molar-refractivity contribution in [3.63, 3.8) is 0 Å². The Morgan fingerprint density at radius 2 is 1.64 bits per heavy atom. The van der Waals surface area contributed by atoms with Crippen molar-refractivity contribution in [3.05, 3.63) is 46.8 Å². The molecule has 0 radical (unpaired) electrons. The summed E-state index contributed by atoms with van der Waals surface area (Å²) < 4.78 is 4.79. The number of methoxy groups -OCH3 is 1. The first-order valence-electron chi connectivity index (χ1n) is 7.86. The SMILES string of the molecule is CCc1[nH]c(C(=O)Nc2ccc(NC(C)=O)cc2)c(C)c1C(=O)OC. The zero-order chi connectivity index (χ0) is 18.6. The zero-order valence-electron chi connectivity index (χ0n) is 14.6. The van der Waals surface area contributed by atoms with Crippen LogP contribution < -0.4 is 10.6 Å². The molecule has 7 nitrogen and oxygen atoms in total. The molecule has 1 aromatic carbocycles. The second-order valence-corrected chi connectivity index (χ2v) is 5.54. The summed E-state index contributed by atoms with van der Waals surface area (Å²) in [7, 11) is 1.31. The van der Waals surface area contributed by atoms with Crippen LogP contribution in [0.15, 0.2) is 24.3 Å². The molecule has 0 fully saturated rings. The number of aryl methyl sites for hydroxylation is 1. The number of carbonyl (C=O) groups excluding carboxylic acids is 3.